The zero-order valence-corrected chi connectivity index (χ0v) is 37.1. The van der Waals surface area contributed by atoms with Crippen molar-refractivity contribution in [1.82, 2.24) is 5.32 Å². The fourth-order valence-corrected chi connectivity index (χ4v) is 7.13. The molecule has 0 radical (unpaired) electrons. The van der Waals surface area contributed by atoms with Crippen molar-refractivity contribution in [2.24, 2.45) is 0 Å². The first-order chi connectivity index (χ1) is 27.5. The molecule has 56 heavy (non-hydrogen) atoms. The Kier molecular flexibility index (Phi) is 44.2. The molecular formula is C50H93NO5. The Morgan fingerprint density at radius 2 is 0.893 bits per heavy atom. The van der Waals surface area contributed by atoms with Crippen LogP contribution in [-0.2, 0) is 14.3 Å². The summed E-state index contributed by atoms with van der Waals surface area (Å²) in [5.41, 5.74) is 0. The zero-order chi connectivity index (χ0) is 40.8. The second-order valence-electron chi connectivity index (χ2n) is 16.4. The highest BCUT2D eigenvalue weighted by atomic mass is 16.5. The summed E-state index contributed by atoms with van der Waals surface area (Å²) in [6.07, 6.45) is 54.1. The topological polar surface area (TPSA) is 95.9 Å². The SMILES string of the molecule is CCCCC/C=C\C/C=C\CCCCCCCCCC(=O)OCCCCCCCCCCCCC(=O)NC(CO)C(O)/C=C/CCCCCCCCCCCC. The molecule has 0 aliphatic carbocycles. The second kappa shape index (κ2) is 45.8. The number of carbonyl (C=O) groups excluding carboxylic acids is 2. The van der Waals surface area contributed by atoms with Gasteiger partial charge in [0, 0.05) is 12.8 Å². The van der Waals surface area contributed by atoms with Crippen LogP contribution in [0.15, 0.2) is 36.5 Å². The minimum Gasteiger partial charge on any atom is -0.466 e. The second-order valence-corrected chi connectivity index (χ2v) is 16.4. The van der Waals surface area contributed by atoms with Crippen LogP contribution < -0.4 is 5.32 Å². The summed E-state index contributed by atoms with van der Waals surface area (Å²) in [7, 11) is 0. The molecule has 1 amide bonds. The summed E-state index contributed by atoms with van der Waals surface area (Å²) in [5, 5.41) is 23.0. The highest BCUT2D eigenvalue weighted by Gasteiger charge is 2.18. The van der Waals surface area contributed by atoms with Gasteiger partial charge in [-0.05, 0) is 64.2 Å². The van der Waals surface area contributed by atoms with Crippen LogP contribution in [0.25, 0.3) is 0 Å². The highest BCUT2D eigenvalue weighted by molar-refractivity contribution is 5.76. The van der Waals surface area contributed by atoms with Crippen LogP contribution in [-0.4, -0.2) is 47.4 Å². The molecule has 0 fully saturated rings. The predicted octanol–water partition coefficient (Wildman–Crippen LogP) is 14.1. The molecule has 0 aromatic heterocycles. The lowest BCUT2D eigenvalue weighted by atomic mass is 10.0. The van der Waals surface area contributed by atoms with Crippen LogP contribution in [0.1, 0.15) is 245 Å². The Morgan fingerprint density at radius 1 is 0.500 bits per heavy atom. The van der Waals surface area contributed by atoms with Gasteiger partial charge >= 0.3 is 5.97 Å². The molecule has 2 unspecified atom stereocenters. The number of hydrogen-bond donors (Lipinski definition) is 3. The normalized spacial score (nSPS) is 13.0. The van der Waals surface area contributed by atoms with E-state index in [2.05, 4.69) is 43.5 Å². The molecule has 328 valence electrons. The first kappa shape index (κ1) is 54.1. The van der Waals surface area contributed by atoms with Crippen molar-refractivity contribution in [2.75, 3.05) is 13.2 Å². The van der Waals surface area contributed by atoms with E-state index in [1.54, 1.807) is 6.08 Å². The number of amides is 1. The third kappa shape index (κ3) is 41.7. The van der Waals surface area contributed by atoms with Crippen molar-refractivity contribution in [2.45, 2.75) is 257 Å². The minimum absolute atomic E-state index is 0.0296. The predicted molar refractivity (Wildman–Crippen MR) is 241 cm³/mol. The molecule has 0 saturated carbocycles. The van der Waals surface area contributed by atoms with Crippen molar-refractivity contribution in [1.29, 1.82) is 0 Å². The Bertz CT molecular complexity index is 915. The standard InChI is InChI=1S/C50H93NO5/c1-3-5-7-9-11-13-15-17-18-19-20-21-23-28-32-36-40-44-50(55)56-45-41-37-33-29-25-24-27-31-35-39-43-49(54)51-47(46-52)48(53)42-38-34-30-26-22-16-14-12-10-8-6-4-2/h11,13,17-18,38,42,47-48,52-53H,3-10,12,14-16,19-37,39-41,43-46H2,1-2H3,(H,51,54)/b13-11-,18-17-,42-38+. The molecule has 6 heteroatoms. The molecule has 0 bridgehead atoms. The lowest BCUT2D eigenvalue weighted by molar-refractivity contribution is -0.143. The largest absolute Gasteiger partial charge is 0.466 e. The average molecular weight is 788 g/mol. The molecule has 0 aromatic carbocycles. The molecule has 0 aromatic rings. The van der Waals surface area contributed by atoms with Crippen LogP contribution in [0, 0.1) is 0 Å². The van der Waals surface area contributed by atoms with E-state index in [4.69, 9.17) is 4.74 Å². The molecule has 3 N–H and O–H groups in total. The lowest BCUT2D eigenvalue weighted by Gasteiger charge is -2.20. The number of aliphatic hydroxyl groups is 2. The number of unbranched alkanes of at least 4 members (excludes halogenated alkanes) is 29. The van der Waals surface area contributed by atoms with Gasteiger partial charge in [0.15, 0.2) is 0 Å². The van der Waals surface area contributed by atoms with Crippen molar-refractivity contribution >= 4 is 11.9 Å². The molecule has 0 heterocycles. The van der Waals surface area contributed by atoms with Crippen molar-refractivity contribution in [3.8, 4) is 0 Å². The van der Waals surface area contributed by atoms with Gasteiger partial charge in [0.25, 0.3) is 0 Å². The zero-order valence-electron chi connectivity index (χ0n) is 37.1. The molecule has 0 rings (SSSR count). The van der Waals surface area contributed by atoms with Crippen molar-refractivity contribution in [3.05, 3.63) is 36.5 Å². The van der Waals surface area contributed by atoms with Crippen molar-refractivity contribution in [3.63, 3.8) is 0 Å². The smallest absolute Gasteiger partial charge is 0.305 e. The van der Waals surface area contributed by atoms with E-state index in [1.165, 1.54) is 154 Å². The summed E-state index contributed by atoms with van der Waals surface area (Å²) < 4.78 is 5.45. The first-order valence-corrected chi connectivity index (χ1v) is 24.3. The third-order valence-electron chi connectivity index (χ3n) is 10.9. The van der Waals surface area contributed by atoms with Crippen LogP contribution >= 0.6 is 0 Å². The molecule has 6 nitrogen and oxygen atoms in total. The number of rotatable bonds is 44. The molecule has 0 aliphatic rings. The van der Waals surface area contributed by atoms with Gasteiger partial charge in [-0.15, -0.1) is 0 Å². The lowest BCUT2D eigenvalue weighted by Crippen LogP contribution is -2.45. The number of esters is 1. The van der Waals surface area contributed by atoms with Crippen molar-refractivity contribution < 1.29 is 24.5 Å². The van der Waals surface area contributed by atoms with Gasteiger partial charge in [0.2, 0.25) is 5.91 Å². The highest BCUT2D eigenvalue weighted by Crippen LogP contribution is 2.14. The molecule has 0 saturated heterocycles. The van der Waals surface area contributed by atoms with E-state index < -0.39 is 12.1 Å². The maximum Gasteiger partial charge on any atom is 0.305 e. The number of hydrogen-bond acceptors (Lipinski definition) is 5. The number of aliphatic hydroxyl groups excluding tert-OH is 2. The van der Waals surface area contributed by atoms with Crippen LogP contribution in [0.5, 0.6) is 0 Å². The summed E-state index contributed by atoms with van der Waals surface area (Å²) in [6.45, 7) is 4.80. The Labute approximate surface area is 347 Å². The summed E-state index contributed by atoms with van der Waals surface area (Å²) in [6, 6.07) is -0.644. The quantitative estimate of drug-likeness (QED) is 0.0325. The Balaban J connectivity index is 3.51. The molecule has 2 atom stereocenters. The fraction of sp³-hybridized carbons (Fsp3) is 0.840. The maximum absolute atomic E-state index is 12.4. The molecule has 0 aliphatic heterocycles. The van der Waals surface area contributed by atoms with Gasteiger partial charge in [0.1, 0.15) is 0 Å². The molecular weight excluding hydrogens is 695 g/mol. The van der Waals surface area contributed by atoms with E-state index >= 15 is 0 Å². The molecule has 0 spiro atoms. The van der Waals surface area contributed by atoms with Gasteiger partial charge in [-0.25, -0.2) is 0 Å². The minimum atomic E-state index is -0.858. The van der Waals surface area contributed by atoms with Crippen LogP contribution in [0.2, 0.25) is 0 Å². The van der Waals surface area contributed by atoms with Gasteiger partial charge < -0.3 is 20.3 Å². The Morgan fingerprint density at radius 3 is 1.39 bits per heavy atom. The summed E-state index contributed by atoms with van der Waals surface area (Å²) >= 11 is 0. The van der Waals surface area contributed by atoms with Crippen LogP contribution in [0.4, 0.5) is 0 Å². The summed E-state index contributed by atoms with van der Waals surface area (Å²) in [5.74, 6) is -0.123. The van der Waals surface area contributed by atoms with Gasteiger partial charge in [-0.1, -0.05) is 204 Å². The number of ether oxygens (including phenoxy) is 1. The van der Waals surface area contributed by atoms with Gasteiger partial charge in [-0.2, -0.15) is 0 Å². The fourth-order valence-electron chi connectivity index (χ4n) is 7.13. The maximum atomic E-state index is 12.4. The van der Waals surface area contributed by atoms with Gasteiger partial charge in [0.05, 0.1) is 25.4 Å². The first-order valence-electron chi connectivity index (χ1n) is 24.3. The number of nitrogens with one attached hydrogen (secondary N) is 1. The van der Waals surface area contributed by atoms with E-state index in [0.717, 1.165) is 64.2 Å². The van der Waals surface area contributed by atoms with E-state index in [0.29, 0.717) is 19.4 Å². The van der Waals surface area contributed by atoms with Gasteiger partial charge in [-0.3, -0.25) is 9.59 Å². The average Bonchev–Trinajstić information content (AvgIpc) is 3.20. The van der Waals surface area contributed by atoms with E-state index in [-0.39, 0.29) is 18.5 Å². The number of carbonyl (C=O) groups is 2. The monoisotopic (exact) mass is 788 g/mol. The van der Waals surface area contributed by atoms with E-state index in [1.807, 2.05) is 6.08 Å². The number of allylic oxidation sites excluding steroid dienone is 5. The van der Waals surface area contributed by atoms with E-state index in [9.17, 15) is 19.8 Å². The Hall–Kier alpha value is -1.92. The summed E-state index contributed by atoms with van der Waals surface area (Å²) in [4.78, 5) is 24.4. The third-order valence-corrected chi connectivity index (χ3v) is 10.9. The van der Waals surface area contributed by atoms with Crippen LogP contribution in [0.3, 0.4) is 0 Å².